The number of benzene rings is 4. The number of carbonyl (C=O) groups excluding carboxylic acids is 1. The maximum Gasteiger partial charge on any atom is 0.224 e. The Morgan fingerprint density at radius 3 is 2.12 bits per heavy atom. The molecule has 0 spiro atoms. The van der Waals surface area contributed by atoms with Crippen LogP contribution in [0.3, 0.4) is 0 Å². The molecular weight excluding hydrogens is 500 g/mol. The van der Waals surface area contributed by atoms with Gasteiger partial charge >= 0.3 is 0 Å². The van der Waals surface area contributed by atoms with Crippen molar-refractivity contribution in [2.24, 2.45) is 0 Å². The predicted molar refractivity (Wildman–Crippen MR) is 159 cm³/mol. The van der Waals surface area contributed by atoms with Crippen LogP contribution in [0.25, 0.3) is 11.1 Å². The van der Waals surface area contributed by atoms with Gasteiger partial charge in [-0.25, -0.2) is 0 Å². The summed E-state index contributed by atoms with van der Waals surface area (Å²) in [6.07, 6.45) is 0.900. The SMILES string of the molecule is CC(C)(Cc1cccc(CC(=O)NCCc2ccc(-c3ccccc3)cc2)c1)NC[C@H](O)c1cc(O)cc(O)c1. The van der Waals surface area contributed by atoms with Gasteiger partial charge < -0.3 is 26.0 Å². The molecule has 0 heterocycles. The molecule has 6 nitrogen and oxygen atoms in total. The minimum Gasteiger partial charge on any atom is -0.508 e. The summed E-state index contributed by atoms with van der Waals surface area (Å²) in [6, 6.07) is 30.8. The van der Waals surface area contributed by atoms with Crippen molar-refractivity contribution in [2.75, 3.05) is 13.1 Å². The number of carbonyl (C=O) groups is 1. The van der Waals surface area contributed by atoms with Crippen molar-refractivity contribution in [1.82, 2.24) is 10.6 Å². The lowest BCUT2D eigenvalue weighted by molar-refractivity contribution is -0.120. The van der Waals surface area contributed by atoms with Gasteiger partial charge in [0.1, 0.15) is 11.5 Å². The van der Waals surface area contributed by atoms with E-state index in [1.54, 1.807) is 0 Å². The third-order valence-corrected chi connectivity index (χ3v) is 6.88. The Bertz CT molecular complexity index is 1380. The zero-order valence-electron chi connectivity index (χ0n) is 23.1. The number of nitrogens with one attached hydrogen (secondary N) is 2. The highest BCUT2D eigenvalue weighted by molar-refractivity contribution is 5.78. The highest BCUT2D eigenvalue weighted by atomic mass is 16.3. The maximum absolute atomic E-state index is 12.6. The highest BCUT2D eigenvalue weighted by Gasteiger charge is 2.20. The number of aliphatic hydroxyl groups excluding tert-OH is 1. The van der Waals surface area contributed by atoms with Crippen molar-refractivity contribution in [3.8, 4) is 22.6 Å². The van der Waals surface area contributed by atoms with Crippen molar-refractivity contribution in [1.29, 1.82) is 0 Å². The van der Waals surface area contributed by atoms with Crippen LogP contribution in [0.15, 0.2) is 97.1 Å². The fourth-order valence-corrected chi connectivity index (χ4v) is 4.81. The van der Waals surface area contributed by atoms with Gasteiger partial charge in [0.25, 0.3) is 0 Å². The summed E-state index contributed by atoms with van der Waals surface area (Å²) in [4.78, 5) is 12.6. The minimum atomic E-state index is -0.880. The van der Waals surface area contributed by atoms with Crippen LogP contribution in [-0.4, -0.2) is 39.9 Å². The van der Waals surface area contributed by atoms with Crippen molar-refractivity contribution in [3.63, 3.8) is 0 Å². The van der Waals surface area contributed by atoms with E-state index >= 15 is 0 Å². The Hall–Kier alpha value is -4.13. The Kier molecular flexibility index (Phi) is 9.59. The molecule has 4 rings (SSSR count). The van der Waals surface area contributed by atoms with Gasteiger partial charge in [0.2, 0.25) is 5.91 Å². The smallest absolute Gasteiger partial charge is 0.224 e. The van der Waals surface area contributed by atoms with Gasteiger partial charge in [-0.15, -0.1) is 0 Å². The second-order valence-electron chi connectivity index (χ2n) is 10.9. The number of rotatable bonds is 12. The van der Waals surface area contributed by atoms with E-state index in [1.165, 1.54) is 34.9 Å². The Morgan fingerprint density at radius 2 is 1.43 bits per heavy atom. The van der Waals surface area contributed by atoms with Crippen molar-refractivity contribution < 1.29 is 20.1 Å². The average Bonchev–Trinajstić information content (AvgIpc) is 2.92. The summed E-state index contributed by atoms with van der Waals surface area (Å²) in [6.45, 7) is 4.93. The van der Waals surface area contributed by atoms with Crippen LogP contribution < -0.4 is 10.6 Å². The molecule has 4 aromatic carbocycles. The summed E-state index contributed by atoms with van der Waals surface area (Å²) in [5.74, 6) is -0.189. The molecule has 0 bridgehead atoms. The van der Waals surface area contributed by atoms with Crippen molar-refractivity contribution in [2.45, 2.75) is 44.8 Å². The van der Waals surface area contributed by atoms with Gasteiger partial charge in [-0.1, -0.05) is 78.9 Å². The molecule has 0 fully saturated rings. The summed E-state index contributed by atoms with van der Waals surface area (Å²) >= 11 is 0. The first-order valence-electron chi connectivity index (χ1n) is 13.6. The van der Waals surface area contributed by atoms with Crippen LogP contribution in [0.1, 0.15) is 42.2 Å². The lowest BCUT2D eigenvalue weighted by Gasteiger charge is -2.28. The number of aromatic hydroxyl groups is 2. The molecule has 4 aromatic rings. The van der Waals surface area contributed by atoms with Crippen LogP contribution in [0.4, 0.5) is 0 Å². The number of amides is 1. The average molecular weight is 539 g/mol. The van der Waals surface area contributed by atoms with Crippen LogP contribution >= 0.6 is 0 Å². The van der Waals surface area contributed by atoms with Gasteiger partial charge in [-0.2, -0.15) is 0 Å². The summed E-state index contributed by atoms with van der Waals surface area (Å²) < 4.78 is 0. The van der Waals surface area contributed by atoms with Gasteiger partial charge in [0.15, 0.2) is 0 Å². The largest absolute Gasteiger partial charge is 0.508 e. The molecule has 1 atom stereocenters. The lowest BCUT2D eigenvalue weighted by Crippen LogP contribution is -2.43. The van der Waals surface area contributed by atoms with Gasteiger partial charge in [-0.3, -0.25) is 4.79 Å². The first-order chi connectivity index (χ1) is 19.2. The van der Waals surface area contributed by atoms with E-state index in [4.69, 9.17) is 0 Å². The van der Waals surface area contributed by atoms with E-state index in [0.29, 0.717) is 24.9 Å². The Balaban J connectivity index is 1.23. The van der Waals surface area contributed by atoms with E-state index in [-0.39, 0.29) is 29.5 Å². The second kappa shape index (κ2) is 13.3. The number of phenolic OH excluding ortho intramolecular Hbond substituents is 2. The molecule has 1 amide bonds. The first kappa shape index (κ1) is 28.9. The number of β-amino-alcohol motifs (C(OH)–C–C–N with tert-alkyl or cyclic N) is 1. The molecule has 6 heteroatoms. The lowest BCUT2D eigenvalue weighted by atomic mass is 9.93. The van der Waals surface area contributed by atoms with Crippen LogP contribution in [-0.2, 0) is 24.1 Å². The fraction of sp³-hybridized carbons (Fsp3) is 0.265. The molecular formula is C34H38N2O4. The molecule has 0 saturated heterocycles. The molecule has 0 aromatic heterocycles. The second-order valence-corrected chi connectivity index (χ2v) is 10.9. The molecule has 0 aliphatic rings. The highest BCUT2D eigenvalue weighted by Crippen LogP contribution is 2.25. The zero-order chi connectivity index (χ0) is 28.5. The molecule has 5 N–H and O–H groups in total. The molecule has 0 aliphatic carbocycles. The topological polar surface area (TPSA) is 102 Å². The normalized spacial score (nSPS) is 12.2. The molecule has 208 valence electrons. The number of hydrogen-bond acceptors (Lipinski definition) is 5. The van der Waals surface area contributed by atoms with Crippen molar-refractivity contribution >= 4 is 5.91 Å². The molecule has 0 saturated carbocycles. The predicted octanol–water partition coefficient (Wildman–Crippen LogP) is 5.31. The van der Waals surface area contributed by atoms with Gasteiger partial charge in [-0.05, 0) is 72.2 Å². The third kappa shape index (κ3) is 8.70. The van der Waals surface area contributed by atoms with Gasteiger partial charge in [0.05, 0.1) is 12.5 Å². The molecule has 0 aliphatic heterocycles. The molecule has 40 heavy (non-hydrogen) atoms. The minimum absolute atomic E-state index is 0.00655. The van der Waals surface area contributed by atoms with E-state index in [0.717, 1.165) is 17.5 Å². The Labute approximate surface area is 236 Å². The van der Waals surface area contributed by atoms with E-state index in [1.807, 2.05) is 50.2 Å². The Morgan fingerprint density at radius 1 is 0.775 bits per heavy atom. The van der Waals surface area contributed by atoms with Crippen LogP contribution in [0.5, 0.6) is 11.5 Å². The fourth-order valence-electron chi connectivity index (χ4n) is 4.81. The molecule has 0 unspecified atom stereocenters. The summed E-state index contributed by atoms with van der Waals surface area (Å²) in [5.41, 5.74) is 5.70. The van der Waals surface area contributed by atoms with Crippen LogP contribution in [0, 0.1) is 0 Å². The third-order valence-electron chi connectivity index (χ3n) is 6.88. The van der Waals surface area contributed by atoms with Crippen molar-refractivity contribution in [3.05, 3.63) is 119 Å². The van der Waals surface area contributed by atoms with E-state index in [9.17, 15) is 20.1 Å². The van der Waals surface area contributed by atoms with E-state index in [2.05, 4.69) is 53.1 Å². The monoisotopic (exact) mass is 538 g/mol. The number of hydrogen-bond donors (Lipinski definition) is 5. The molecule has 0 radical (unpaired) electrons. The quantitative estimate of drug-likeness (QED) is 0.168. The van der Waals surface area contributed by atoms with Gasteiger partial charge in [0, 0.05) is 24.7 Å². The summed E-state index contributed by atoms with van der Waals surface area (Å²) in [5, 5.41) is 36.3. The van der Waals surface area contributed by atoms with E-state index < -0.39 is 6.10 Å². The first-order valence-corrected chi connectivity index (χ1v) is 13.6. The zero-order valence-corrected chi connectivity index (χ0v) is 23.1. The van der Waals surface area contributed by atoms with Crippen LogP contribution in [0.2, 0.25) is 0 Å². The summed E-state index contributed by atoms with van der Waals surface area (Å²) in [7, 11) is 0. The number of aliphatic hydroxyl groups is 1. The maximum atomic E-state index is 12.6. The number of phenols is 2. The standard InChI is InChI=1S/C34H38N2O4/c1-34(2,36-23-32(39)29-19-30(37)21-31(38)20-29)22-26-8-6-7-25(17-26)18-33(40)35-16-15-24-11-13-28(14-12-24)27-9-4-3-5-10-27/h3-14,17,19-21,32,36-39H,15-16,18,22-23H2,1-2H3,(H,35,40)/t32-/m0/s1.